The number of nitrogens with one attached hydrogen (secondary N) is 2. The largest absolute Gasteiger partial charge is 0.497 e. The molecule has 2 rings (SSSR count). The lowest BCUT2D eigenvalue weighted by atomic mass is 9.99. The van der Waals surface area contributed by atoms with E-state index in [0.29, 0.717) is 12.7 Å². The maximum atomic E-state index is 14.0. The summed E-state index contributed by atoms with van der Waals surface area (Å²) in [5, 5.41) is 4.56. The molecule has 22 heavy (non-hydrogen) atoms. The molecule has 0 radical (unpaired) electrons. The number of hydrogen-bond donors (Lipinski definition) is 2. The first-order chi connectivity index (χ1) is 10.2. The van der Waals surface area contributed by atoms with E-state index in [2.05, 4.69) is 10.6 Å². The first kappa shape index (κ1) is 16.1. The second kappa shape index (κ2) is 5.86. The zero-order chi connectivity index (χ0) is 16.5. The number of rotatable bonds is 4. The van der Waals surface area contributed by atoms with Crippen molar-refractivity contribution in [3.63, 3.8) is 0 Å². The molecule has 2 unspecified atom stereocenters. The van der Waals surface area contributed by atoms with Crippen LogP contribution in [-0.2, 0) is 9.59 Å². The Morgan fingerprint density at radius 3 is 2.73 bits per heavy atom. The van der Waals surface area contributed by atoms with Gasteiger partial charge in [0.1, 0.15) is 11.6 Å². The first-order valence-corrected chi connectivity index (χ1v) is 6.54. The molecule has 1 heterocycles. The van der Waals surface area contributed by atoms with E-state index in [1.165, 1.54) is 19.2 Å². The number of amides is 2. The predicted molar refractivity (Wildman–Crippen MR) is 71.0 cm³/mol. The molecule has 2 amide bonds. The molecule has 5 nitrogen and oxygen atoms in total. The van der Waals surface area contributed by atoms with Gasteiger partial charge in [0.2, 0.25) is 5.91 Å². The number of alkyl halides is 2. The standard InChI is InChI=1S/C14H15F3N2O3/c1-14(16,17)13(21)18-10-6-11(20)19-12(10)8-5-7(22-2)3-4-9(8)15/h3-5,10,12H,6H2,1-2H3,(H,18,21)(H,19,20). The summed E-state index contributed by atoms with van der Waals surface area (Å²) in [6.45, 7) is 0.452. The second-order valence-corrected chi connectivity index (χ2v) is 5.11. The highest BCUT2D eigenvalue weighted by atomic mass is 19.3. The lowest BCUT2D eigenvalue weighted by Gasteiger charge is -2.22. The fourth-order valence-corrected chi connectivity index (χ4v) is 2.26. The summed E-state index contributed by atoms with van der Waals surface area (Å²) in [7, 11) is 1.39. The van der Waals surface area contributed by atoms with Crippen molar-refractivity contribution in [2.24, 2.45) is 0 Å². The normalized spacial score (nSPS) is 21.4. The third kappa shape index (κ3) is 3.32. The molecule has 120 valence electrons. The SMILES string of the molecule is COc1ccc(F)c(C2NC(=O)CC2NC(=O)C(C)(F)F)c1. The number of carbonyl (C=O) groups is 2. The highest BCUT2D eigenvalue weighted by Crippen LogP contribution is 2.30. The summed E-state index contributed by atoms with van der Waals surface area (Å²) in [4.78, 5) is 22.9. The zero-order valence-electron chi connectivity index (χ0n) is 12.0. The summed E-state index contributed by atoms with van der Waals surface area (Å²) in [5.41, 5.74) is 0.0647. The maximum Gasteiger partial charge on any atom is 0.321 e. The molecule has 1 aliphatic rings. The van der Waals surface area contributed by atoms with Crippen molar-refractivity contribution < 1.29 is 27.5 Å². The van der Waals surface area contributed by atoms with Crippen LogP contribution in [-0.4, -0.2) is 30.9 Å². The second-order valence-electron chi connectivity index (χ2n) is 5.11. The lowest BCUT2D eigenvalue weighted by molar-refractivity contribution is -0.143. The van der Waals surface area contributed by atoms with E-state index in [0.717, 1.165) is 6.07 Å². The first-order valence-electron chi connectivity index (χ1n) is 6.54. The van der Waals surface area contributed by atoms with Gasteiger partial charge < -0.3 is 15.4 Å². The zero-order valence-corrected chi connectivity index (χ0v) is 12.0. The maximum absolute atomic E-state index is 14.0. The van der Waals surface area contributed by atoms with E-state index < -0.39 is 35.6 Å². The third-order valence-corrected chi connectivity index (χ3v) is 3.38. The Morgan fingerprint density at radius 2 is 2.14 bits per heavy atom. The van der Waals surface area contributed by atoms with Crippen molar-refractivity contribution in [3.05, 3.63) is 29.6 Å². The van der Waals surface area contributed by atoms with Gasteiger partial charge in [-0.2, -0.15) is 8.78 Å². The molecule has 0 saturated carbocycles. The minimum Gasteiger partial charge on any atom is -0.497 e. The minimum atomic E-state index is -3.58. The smallest absolute Gasteiger partial charge is 0.321 e. The molecule has 2 atom stereocenters. The fourth-order valence-electron chi connectivity index (χ4n) is 2.26. The van der Waals surface area contributed by atoms with Crippen molar-refractivity contribution in [2.45, 2.75) is 31.4 Å². The average Bonchev–Trinajstić information content (AvgIpc) is 2.79. The molecule has 1 aliphatic heterocycles. The average molecular weight is 316 g/mol. The van der Waals surface area contributed by atoms with Crippen LogP contribution in [0.4, 0.5) is 13.2 Å². The molecule has 0 bridgehead atoms. The van der Waals surface area contributed by atoms with Gasteiger partial charge in [-0.05, 0) is 18.2 Å². The van der Waals surface area contributed by atoms with E-state index in [1.54, 1.807) is 0 Å². The third-order valence-electron chi connectivity index (χ3n) is 3.38. The Bertz CT molecular complexity index is 601. The van der Waals surface area contributed by atoms with Gasteiger partial charge in [-0.15, -0.1) is 0 Å². The highest BCUT2D eigenvalue weighted by molar-refractivity contribution is 5.86. The van der Waals surface area contributed by atoms with Gasteiger partial charge >= 0.3 is 5.92 Å². The molecule has 0 spiro atoms. The van der Waals surface area contributed by atoms with Gasteiger partial charge in [0.25, 0.3) is 5.91 Å². The molecule has 1 aromatic carbocycles. The fraction of sp³-hybridized carbons (Fsp3) is 0.429. The minimum absolute atomic E-state index is 0.0647. The Hall–Kier alpha value is -2.25. The van der Waals surface area contributed by atoms with Gasteiger partial charge in [-0.25, -0.2) is 4.39 Å². The van der Waals surface area contributed by atoms with Crippen molar-refractivity contribution >= 4 is 11.8 Å². The molecule has 1 aromatic rings. The van der Waals surface area contributed by atoms with E-state index in [-0.39, 0.29) is 12.0 Å². The lowest BCUT2D eigenvalue weighted by Crippen LogP contribution is -2.45. The van der Waals surface area contributed by atoms with Crippen molar-refractivity contribution in [2.75, 3.05) is 7.11 Å². The van der Waals surface area contributed by atoms with Gasteiger partial charge in [-0.3, -0.25) is 9.59 Å². The number of benzene rings is 1. The molecule has 8 heteroatoms. The van der Waals surface area contributed by atoms with E-state index in [1.807, 2.05) is 0 Å². The molecule has 0 aromatic heterocycles. The van der Waals surface area contributed by atoms with Gasteiger partial charge in [0, 0.05) is 18.9 Å². The molecule has 1 saturated heterocycles. The van der Waals surface area contributed by atoms with E-state index in [9.17, 15) is 22.8 Å². The number of hydrogen-bond acceptors (Lipinski definition) is 3. The Morgan fingerprint density at radius 1 is 1.45 bits per heavy atom. The quantitative estimate of drug-likeness (QED) is 0.885. The summed E-state index contributed by atoms with van der Waals surface area (Å²) in [5.74, 6) is -5.83. The van der Waals surface area contributed by atoms with Crippen LogP contribution in [0.3, 0.4) is 0 Å². The highest BCUT2D eigenvalue weighted by Gasteiger charge is 2.40. The van der Waals surface area contributed by atoms with Crippen LogP contribution in [0.5, 0.6) is 5.75 Å². The predicted octanol–water partition coefficient (Wildman–Crippen LogP) is 1.54. The number of halogens is 3. The summed E-state index contributed by atoms with van der Waals surface area (Å²) >= 11 is 0. The van der Waals surface area contributed by atoms with Gasteiger partial charge in [0.15, 0.2) is 0 Å². The Balaban J connectivity index is 2.28. The monoisotopic (exact) mass is 316 g/mol. The molecule has 2 N–H and O–H groups in total. The number of ether oxygens (including phenoxy) is 1. The Labute approximate surface area is 124 Å². The summed E-state index contributed by atoms with van der Waals surface area (Å²) in [6.07, 6.45) is -0.205. The van der Waals surface area contributed by atoms with Crippen LogP contribution in [0.2, 0.25) is 0 Å². The summed E-state index contributed by atoms with van der Waals surface area (Å²) < 4.78 is 44.9. The molecular formula is C14H15F3N2O3. The summed E-state index contributed by atoms with van der Waals surface area (Å²) in [6, 6.07) is 1.99. The number of carbonyl (C=O) groups excluding carboxylic acids is 2. The van der Waals surface area contributed by atoms with Crippen molar-refractivity contribution in [3.8, 4) is 5.75 Å². The van der Waals surface area contributed by atoms with E-state index >= 15 is 0 Å². The van der Waals surface area contributed by atoms with E-state index in [4.69, 9.17) is 4.74 Å². The molecular weight excluding hydrogens is 301 g/mol. The number of methoxy groups -OCH3 is 1. The molecule has 1 fully saturated rings. The molecule has 0 aliphatic carbocycles. The van der Waals surface area contributed by atoms with Crippen LogP contribution in [0.15, 0.2) is 18.2 Å². The van der Waals surface area contributed by atoms with Crippen LogP contribution in [0.25, 0.3) is 0 Å². The van der Waals surface area contributed by atoms with Crippen LogP contribution in [0, 0.1) is 5.82 Å². The topological polar surface area (TPSA) is 67.4 Å². The van der Waals surface area contributed by atoms with Crippen LogP contribution >= 0.6 is 0 Å². The van der Waals surface area contributed by atoms with Gasteiger partial charge in [-0.1, -0.05) is 0 Å². The van der Waals surface area contributed by atoms with Crippen molar-refractivity contribution in [1.82, 2.24) is 10.6 Å². The van der Waals surface area contributed by atoms with Crippen LogP contribution < -0.4 is 15.4 Å². The Kier molecular flexibility index (Phi) is 4.30. The van der Waals surface area contributed by atoms with Gasteiger partial charge in [0.05, 0.1) is 19.2 Å². The van der Waals surface area contributed by atoms with Crippen LogP contribution in [0.1, 0.15) is 24.9 Å². The van der Waals surface area contributed by atoms with Crippen molar-refractivity contribution in [1.29, 1.82) is 0 Å².